The van der Waals surface area contributed by atoms with Gasteiger partial charge in [-0.1, -0.05) is 11.2 Å². The SMILES string of the molecule is C[C@H](Nc1nccc(-c2cccc(-c3cc([C@]4(O)CCN(C)C4=O)on3)n2)n1)c1cnn(I)c1. The molecule has 0 bridgehead atoms. The molecule has 174 valence electrons. The van der Waals surface area contributed by atoms with Gasteiger partial charge in [-0.2, -0.15) is 5.10 Å². The minimum absolute atomic E-state index is 0.0326. The van der Waals surface area contributed by atoms with E-state index in [2.05, 4.69) is 53.4 Å². The van der Waals surface area contributed by atoms with Crippen molar-refractivity contribution in [1.82, 2.24) is 33.0 Å². The third-order valence-corrected chi connectivity index (χ3v) is 6.30. The molecule has 2 atom stereocenters. The second kappa shape index (κ2) is 8.76. The minimum atomic E-state index is -1.70. The second-order valence-electron chi connectivity index (χ2n) is 8.12. The third-order valence-electron chi connectivity index (χ3n) is 5.78. The Balaban J connectivity index is 1.38. The van der Waals surface area contributed by atoms with E-state index >= 15 is 0 Å². The van der Waals surface area contributed by atoms with Gasteiger partial charge >= 0.3 is 0 Å². The van der Waals surface area contributed by atoms with Gasteiger partial charge < -0.3 is 19.8 Å². The first-order valence-electron chi connectivity index (χ1n) is 10.6. The lowest BCUT2D eigenvalue weighted by atomic mass is 9.98. The van der Waals surface area contributed by atoms with Gasteiger partial charge in [0.2, 0.25) is 11.5 Å². The lowest BCUT2D eigenvalue weighted by Gasteiger charge is -2.16. The molecule has 0 aromatic carbocycles. The summed E-state index contributed by atoms with van der Waals surface area (Å²) in [7, 11) is 1.64. The molecule has 1 aliphatic heterocycles. The Hall–Kier alpha value is -3.39. The summed E-state index contributed by atoms with van der Waals surface area (Å²) in [5.41, 5.74) is 1.52. The molecule has 0 radical (unpaired) electrons. The van der Waals surface area contributed by atoms with Crippen LogP contribution in [-0.2, 0) is 10.4 Å². The fourth-order valence-corrected chi connectivity index (χ4v) is 4.22. The normalized spacial score (nSPS) is 18.9. The summed E-state index contributed by atoms with van der Waals surface area (Å²) < 4.78 is 7.06. The van der Waals surface area contributed by atoms with Crippen molar-refractivity contribution >= 4 is 34.7 Å². The van der Waals surface area contributed by atoms with Gasteiger partial charge in [0.1, 0.15) is 5.69 Å². The van der Waals surface area contributed by atoms with Crippen LogP contribution in [0.2, 0.25) is 0 Å². The molecule has 0 aliphatic carbocycles. The van der Waals surface area contributed by atoms with Gasteiger partial charge in [-0.3, -0.25) is 4.79 Å². The Morgan fingerprint density at radius 1 is 1.21 bits per heavy atom. The number of aromatic nitrogens is 6. The van der Waals surface area contributed by atoms with Crippen LogP contribution in [0.3, 0.4) is 0 Å². The van der Waals surface area contributed by atoms with Crippen LogP contribution < -0.4 is 5.32 Å². The van der Waals surface area contributed by atoms with Gasteiger partial charge in [-0.25, -0.2) is 17.8 Å². The van der Waals surface area contributed by atoms with Gasteiger partial charge in [-0.15, -0.1) is 0 Å². The van der Waals surface area contributed by atoms with Crippen molar-refractivity contribution in [3.63, 3.8) is 0 Å². The highest BCUT2D eigenvalue weighted by atomic mass is 127. The monoisotopic (exact) mass is 572 g/mol. The molecule has 11 nitrogen and oxygen atoms in total. The van der Waals surface area contributed by atoms with Crippen LogP contribution >= 0.6 is 22.9 Å². The fourth-order valence-electron chi connectivity index (χ4n) is 3.78. The topological polar surface area (TPSA) is 135 Å². The summed E-state index contributed by atoms with van der Waals surface area (Å²) in [5, 5.41) is 22.3. The van der Waals surface area contributed by atoms with Crippen LogP contribution in [0.4, 0.5) is 5.95 Å². The molecule has 0 spiro atoms. The highest BCUT2D eigenvalue weighted by Crippen LogP contribution is 2.34. The highest BCUT2D eigenvalue weighted by Gasteiger charge is 2.48. The van der Waals surface area contributed by atoms with Crippen molar-refractivity contribution in [1.29, 1.82) is 0 Å². The van der Waals surface area contributed by atoms with Crippen LogP contribution in [0.5, 0.6) is 0 Å². The molecule has 5 rings (SSSR count). The quantitative estimate of drug-likeness (QED) is 0.335. The average molecular weight is 572 g/mol. The average Bonchev–Trinajstić information content (AvgIpc) is 3.57. The van der Waals surface area contributed by atoms with Crippen LogP contribution in [-0.4, -0.2) is 57.6 Å². The van der Waals surface area contributed by atoms with Gasteiger partial charge in [0.15, 0.2) is 5.76 Å². The zero-order valence-electron chi connectivity index (χ0n) is 18.4. The largest absolute Gasteiger partial charge is 0.373 e. The van der Waals surface area contributed by atoms with E-state index < -0.39 is 11.5 Å². The minimum Gasteiger partial charge on any atom is -0.373 e. The number of aliphatic hydroxyl groups is 1. The van der Waals surface area contributed by atoms with Crippen LogP contribution in [0.15, 0.2) is 53.4 Å². The van der Waals surface area contributed by atoms with E-state index in [-0.39, 0.29) is 18.2 Å². The van der Waals surface area contributed by atoms with Gasteiger partial charge in [-0.05, 0) is 25.1 Å². The van der Waals surface area contributed by atoms with E-state index in [9.17, 15) is 9.90 Å². The smallest absolute Gasteiger partial charge is 0.262 e. The lowest BCUT2D eigenvalue weighted by Crippen LogP contribution is -2.35. The first-order valence-corrected chi connectivity index (χ1v) is 11.5. The summed E-state index contributed by atoms with van der Waals surface area (Å²) in [6.07, 6.45) is 5.63. The zero-order valence-corrected chi connectivity index (χ0v) is 20.5. The van der Waals surface area contributed by atoms with Crippen molar-refractivity contribution in [2.24, 2.45) is 0 Å². The Bertz CT molecular complexity index is 1360. The molecule has 12 heteroatoms. The number of carbonyl (C=O) groups is 1. The molecule has 4 aromatic heterocycles. The zero-order chi connectivity index (χ0) is 23.9. The van der Waals surface area contributed by atoms with E-state index in [1.165, 1.54) is 4.90 Å². The van der Waals surface area contributed by atoms with Gasteiger partial charge in [0.05, 0.1) is 52.2 Å². The maximum Gasteiger partial charge on any atom is 0.262 e. The number of hydrogen-bond donors (Lipinski definition) is 2. The molecule has 0 saturated carbocycles. The van der Waals surface area contributed by atoms with Crippen LogP contribution in [0, 0.1) is 0 Å². The molecular weight excluding hydrogens is 551 g/mol. The molecule has 34 heavy (non-hydrogen) atoms. The first-order chi connectivity index (χ1) is 16.3. The molecule has 1 amide bonds. The second-order valence-corrected chi connectivity index (χ2v) is 9.10. The molecule has 1 saturated heterocycles. The number of likely N-dealkylation sites (N-methyl/N-ethyl adjacent to an activating group) is 1. The number of rotatable bonds is 6. The van der Waals surface area contributed by atoms with E-state index in [4.69, 9.17) is 4.52 Å². The molecule has 5 heterocycles. The Morgan fingerprint density at radius 2 is 1.97 bits per heavy atom. The molecule has 4 aromatic rings. The molecule has 2 N–H and O–H groups in total. The van der Waals surface area contributed by atoms with Crippen LogP contribution in [0.1, 0.15) is 30.7 Å². The molecule has 1 aliphatic rings. The highest BCUT2D eigenvalue weighted by molar-refractivity contribution is 14.1. The van der Waals surface area contributed by atoms with Crippen molar-refractivity contribution in [3.05, 3.63) is 60.2 Å². The van der Waals surface area contributed by atoms with E-state index in [1.807, 2.05) is 25.3 Å². The summed E-state index contributed by atoms with van der Waals surface area (Å²) >= 11 is 2.09. The number of halogens is 1. The first kappa shape index (κ1) is 22.4. The fraction of sp³-hybridized carbons (Fsp3) is 0.273. The molecular formula is C22H21IN8O3. The molecule has 0 unspecified atom stereocenters. The maximum absolute atomic E-state index is 12.4. The molecule has 1 fully saturated rings. The summed E-state index contributed by atoms with van der Waals surface area (Å²) in [6.45, 7) is 2.45. The maximum atomic E-state index is 12.4. The Labute approximate surface area is 208 Å². The standard InChI is InChI=1S/C22H21IN8O3/c1-13(14-11-25-31(23)12-14)26-21-24-8-6-17(28-21)15-4-3-5-16(27-15)18-10-19(34-29-18)22(33)7-9-30(2)20(22)32/h3-6,8,10-13,33H,7,9H2,1-2H3,(H,24,26,28)/t13-,22+/m0/s1. The number of pyridine rings is 1. The summed E-state index contributed by atoms with van der Waals surface area (Å²) in [5.74, 6) is 0.174. The summed E-state index contributed by atoms with van der Waals surface area (Å²) in [4.78, 5) is 27.4. The number of nitrogens with one attached hydrogen (secondary N) is 1. The number of anilines is 1. The van der Waals surface area contributed by atoms with Crippen molar-refractivity contribution in [3.8, 4) is 22.8 Å². The number of amides is 1. The van der Waals surface area contributed by atoms with Gasteiger partial charge in [0, 0.05) is 44.0 Å². The van der Waals surface area contributed by atoms with Crippen molar-refractivity contribution in [2.75, 3.05) is 18.9 Å². The van der Waals surface area contributed by atoms with Crippen molar-refractivity contribution in [2.45, 2.75) is 25.0 Å². The van der Waals surface area contributed by atoms with Gasteiger partial charge in [0.25, 0.3) is 5.91 Å². The summed E-state index contributed by atoms with van der Waals surface area (Å²) in [6, 6.07) is 8.75. The van der Waals surface area contributed by atoms with E-state index in [0.717, 1.165) is 5.56 Å². The lowest BCUT2D eigenvalue weighted by molar-refractivity contribution is -0.144. The predicted molar refractivity (Wildman–Crippen MR) is 131 cm³/mol. The number of carbonyl (C=O) groups excluding carboxylic acids is 1. The third kappa shape index (κ3) is 4.14. The number of nitrogens with zero attached hydrogens (tertiary/aromatic N) is 7. The van der Waals surface area contributed by atoms with Crippen LogP contribution in [0.25, 0.3) is 22.8 Å². The number of likely N-dealkylation sites (tertiary alicyclic amines) is 1. The number of hydrogen-bond acceptors (Lipinski definition) is 9. The van der Waals surface area contributed by atoms with E-state index in [0.29, 0.717) is 35.3 Å². The Morgan fingerprint density at radius 3 is 2.68 bits per heavy atom. The predicted octanol–water partition coefficient (Wildman–Crippen LogP) is 2.81. The Kier molecular flexibility index (Phi) is 5.77. The van der Waals surface area contributed by atoms with Crippen molar-refractivity contribution < 1.29 is 14.4 Å². The van der Waals surface area contributed by atoms with E-state index in [1.54, 1.807) is 40.5 Å².